The zero-order valence-corrected chi connectivity index (χ0v) is 18.3. The highest BCUT2D eigenvalue weighted by Crippen LogP contribution is 2.19. The second kappa shape index (κ2) is 12.1. The Balaban J connectivity index is 1.44. The van der Waals surface area contributed by atoms with E-state index in [0.29, 0.717) is 13.2 Å². The first-order valence-corrected chi connectivity index (χ1v) is 11.3. The van der Waals surface area contributed by atoms with Crippen LogP contribution in [-0.4, -0.2) is 68.6 Å². The van der Waals surface area contributed by atoms with Crippen LogP contribution in [0.1, 0.15) is 46.0 Å². The number of piperidine rings is 1. The van der Waals surface area contributed by atoms with Crippen LogP contribution < -0.4 is 10.1 Å². The fourth-order valence-electron chi connectivity index (χ4n) is 3.85. The number of aliphatic imine (C=N–C) groups is 1. The second-order valence-electron chi connectivity index (χ2n) is 8.06. The van der Waals surface area contributed by atoms with E-state index in [1.165, 1.54) is 18.9 Å². The second-order valence-corrected chi connectivity index (χ2v) is 8.06. The molecule has 6 nitrogen and oxygen atoms in total. The molecule has 2 saturated heterocycles. The molecule has 2 aliphatic rings. The number of likely N-dealkylation sites (tertiary alicyclic amines) is 1. The third-order valence-corrected chi connectivity index (χ3v) is 5.53. The van der Waals surface area contributed by atoms with Gasteiger partial charge in [-0.2, -0.15) is 0 Å². The smallest absolute Gasteiger partial charge is 0.194 e. The monoisotopic (exact) mass is 421 g/mol. The van der Waals surface area contributed by atoms with Crippen molar-refractivity contribution in [2.45, 2.75) is 64.3 Å². The van der Waals surface area contributed by atoms with Gasteiger partial charge in [-0.1, -0.05) is 12.1 Å². The lowest BCUT2D eigenvalue weighted by Crippen LogP contribution is -2.47. The Morgan fingerprint density at radius 1 is 1.27 bits per heavy atom. The number of benzene rings is 1. The summed E-state index contributed by atoms with van der Waals surface area (Å²) in [5.74, 6) is 0.807. The number of para-hydroxylation sites is 1. The van der Waals surface area contributed by atoms with E-state index in [1.807, 2.05) is 6.92 Å². The maximum atomic E-state index is 13.8. The number of rotatable bonds is 8. The van der Waals surface area contributed by atoms with Gasteiger partial charge in [0, 0.05) is 26.2 Å². The molecule has 2 aliphatic heterocycles. The van der Waals surface area contributed by atoms with Gasteiger partial charge in [0.25, 0.3) is 0 Å². The summed E-state index contributed by atoms with van der Waals surface area (Å²) < 4.78 is 31.4. The lowest BCUT2D eigenvalue weighted by atomic mass is 10.1. The van der Waals surface area contributed by atoms with Gasteiger partial charge in [0.2, 0.25) is 0 Å². The Labute approximate surface area is 179 Å². The van der Waals surface area contributed by atoms with E-state index >= 15 is 0 Å². The SMILES string of the molecule is CCNC(=NCC(C)Oc1ccccc1F)N1CCC(OCC2CCCCO2)CC1. The summed E-state index contributed by atoms with van der Waals surface area (Å²) in [7, 11) is 0. The molecule has 2 atom stereocenters. The van der Waals surface area contributed by atoms with Gasteiger partial charge in [0.1, 0.15) is 6.10 Å². The molecule has 0 radical (unpaired) electrons. The summed E-state index contributed by atoms with van der Waals surface area (Å²) in [4.78, 5) is 7.00. The summed E-state index contributed by atoms with van der Waals surface area (Å²) in [6.07, 6.45) is 5.84. The Kier molecular flexibility index (Phi) is 9.21. The lowest BCUT2D eigenvalue weighted by molar-refractivity contribution is -0.0721. The van der Waals surface area contributed by atoms with E-state index in [0.717, 1.165) is 51.5 Å². The van der Waals surface area contributed by atoms with Gasteiger partial charge in [-0.3, -0.25) is 0 Å². The van der Waals surface area contributed by atoms with Crippen LogP contribution in [0.4, 0.5) is 4.39 Å². The highest BCUT2D eigenvalue weighted by atomic mass is 19.1. The first-order chi connectivity index (χ1) is 14.7. The molecule has 2 fully saturated rings. The molecule has 1 N–H and O–H groups in total. The Morgan fingerprint density at radius 3 is 2.77 bits per heavy atom. The third-order valence-electron chi connectivity index (χ3n) is 5.53. The number of hydrogen-bond donors (Lipinski definition) is 1. The molecule has 0 aliphatic carbocycles. The molecule has 168 valence electrons. The van der Waals surface area contributed by atoms with Crippen molar-refractivity contribution in [1.29, 1.82) is 0 Å². The molecule has 2 heterocycles. The van der Waals surface area contributed by atoms with Crippen LogP contribution in [0.3, 0.4) is 0 Å². The first kappa shape index (κ1) is 22.8. The Morgan fingerprint density at radius 2 is 2.07 bits per heavy atom. The Bertz CT molecular complexity index is 659. The standard InChI is InChI=1S/C23H36FN3O3/c1-3-25-23(26-16-18(2)30-22-10-5-4-9-21(22)24)27-13-11-19(12-14-27)29-17-20-8-6-7-15-28-20/h4-5,9-10,18-20H,3,6-8,11-17H2,1-2H3,(H,25,26). The minimum Gasteiger partial charge on any atom is -0.486 e. The van der Waals surface area contributed by atoms with E-state index in [4.69, 9.17) is 19.2 Å². The number of halogens is 1. The van der Waals surface area contributed by atoms with Crippen LogP contribution in [0.2, 0.25) is 0 Å². The van der Waals surface area contributed by atoms with Gasteiger partial charge in [-0.05, 0) is 58.1 Å². The van der Waals surface area contributed by atoms with Crippen LogP contribution in [0, 0.1) is 5.82 Å². The maximum Gasteiger partial charge on any atom is 0.194 e. The van der Waals surface area contributed by atoms with Gasteiger partial charge < -0.3 is 24.4 Å². The first-order valence-electron chi connectivity index (χ1n) is 11.3. The summed E-state index contributed by atoms with van der Waals surface area (Å²) in [5, 5.41) is 3.37. The topological polar surface area (TPSA) is 55.3 Å². The van der Waals surface area contributed by atoms with E-state index in [1.54, 1.807) is 18.2 Å². The van der Waals surface area contributed by atoms with Crippen molar-refractivity contribution >= 4 is 5.96 Å². The number of nitrogens with zero attached hydrogens (tertiary/aromatic N) is 2. The molecule has 0 amide bonds. The number of guanidine groups is 1. The quantitative estimate of drug-likeness (QED) is 0.513. The van der Waals surface area contributed by atoms with E-state index in [-0.39, 0.29) is 29.9 Å². The summed E-state index contributed by atoms with van der Waals surface area (Å²) in [6, 6.07) is 6.47. The van der Waals surface area contributed by atoms with Crippen LogP contribution in [0.25, 0.3) is 0 Å². The number of ether oxygens (including phenoxy) is 3. The number of hydrogen-bond acceptors (Lipinski definition) is 4. The average Bonchev–Trinajstić information content (AvgIpc) is 2.78. The van der Waals surface area contributed by atoms with E-state index in [2.05, 4.69) is 17.1 Å². The molecular weight excluding hydrogens is 385 g/mol. The van der Waals surface area contributed by atoms with Crippen LogP contribution in [-0.2, 0) is 9.47 Å². The molecule has 3 rings (SSSR count). The van der Waals surface area contributed by atoms with Crippen LogP contribution in [0.15, 0.2) is 29.3 Å². The molecule has 30 heavy (non-hydrogen) atoms. The summed E-state index contributed by atoms with van der Waals surface area (Å²) >= 11 is 0. The molecule has 0 saturated carbocycles. The van der Waals surface area contributed by atoms with Gasteiger partial charge in [-0.15, -0.1) is 0 Å². The summed E-state index contributed by atoms with van der Waals surface area (Å²) in [5.41, 5.74) is 0. The van der Waals surface area contributed by atoms with E-state index in [9.17, 15) is 4.39 Å². The molecule has 0 bridgehead atoms. The predicted octanol–water partition coefficient (Wildman–Crippen LogP) is 3.61. The Hall–Kier alpha value is -1.86. The van der Waals surface area contributed by atoms with Crippen molar-refractivity contribution in [1.82, 2.24) is 10.2 Å². The molecule has 1 aromatic rings. The van der Waals surface area contributed by atoms with Crippen LogP contribution >= 0.6 is 0 Å². The van der Waals surface area contributed by atoms with Crippen molar-refractivity contribution in [3.8, 4) is 5.75 Å². The van der Waals surface area contributed by atoms with E-state index < -0.39 is 0 Å². The molecule has 1 aromatic carbocycles. The minimum atomic E-state index is -0.346. The molecule has 0 spiro atoms. The molecule has 0 aromatic heterocycles. The maximum absolute atomic E-state index is 13.8. The fraction of sp³-hybridized carbons (Fsp3) is 0.696. The van der Waals surface area contributed by atoms with Crippen molar-refractivity contribution in [3.63, 3.8) is 0 Å². The van der Waals surface area contributed by atoms with Gasteiger partial charge in [0.15, 0.2) is 17.5 Å². The van der Waals surface area contributed by atoms with Crippen LogP contribution in [0.5, 0.6) is 5.75 Å². The molecular formula is C23H36FN3O3. The van der Waals surface area contributed by atoms with Crippen molar-refractivity contribution in [2.24, 2.45) is 4.99 Å². The largest absolute Gasteiger partial charge is 0.486 e. The zero-order chi connectivity index (χ0) is 21.2. The molecule has 7 heteroatoms. The summed E-state index contributed by atoms with van der Waals surface area (Å²) in [6.45, 7) is 8.64. The fourth-order valence-corrected chi connectivity index (χ4v) is 3.85. The van der Waals surface area contributed by atoms with Crippen molar-refractivity contribution in [2.75, 3.05) is 39.4 Å². The van der Waals surface area contributed by atoms with Crippen molar-refractivity contribution < 1.29 is 18.6 Å². The average molecular weight is 422 g/mol. The van der Waals surface area contributed by atoms with Gasteiger partial charge >= 0.3 is 0 Å². The highest BCUT2D eigenvalue weighted by molar-refractivity contribution is 5.80. The number of nitrogens with one attached hydrogen (secondary N) is 1. The minimum absolute atomic E-state index is 0.216. The van der Waals surface area contributed by atoms with Gasteiger partial charge in [-0.25, -0.2) is 9.38 Å². The normalized spacial score (nSPS) is 22.0. The third kappa shape index (κ3) is 7.13. The highest BCUT2D eigenvalue weighted by Gasteiger charge is 2.24. The predicted molar refractivity (Wildman–Crippen MR) is 117 cm³/mol. The molecule has 2 unspecified atom stereocenters. The zero-order valence-electron chi connectivity index (χ0n) is 18.3. The lowest BCUT2D eigenvalue weighted by Gasteiger charge is -2.35. The van der Waals surface area contributed by atoms with Gasteiger partial charge in [0.05, 0.1) is 25.4 Å². The van der Waals surface area contributed by atoms with Crippen molar-refractivity contribution in [3.05, 3.63) is 30.1 Å².